The maximum Gasteiger partial charge on any atom is 0.411 e. The molecule has 1 N–H and O–H groups in total. The van der Waals surface area contributed by atoms with Crippen molar-refractivity contribution < 1.29 is 19.1 Å². The average Bonchev–Trinajstić information content (AvgIpc) is 2.35. The van der Waals surface area contributed by atoms with Crippen molar-refractivity contribution in [2.24, 2.45) is 0 Å². The molecule has 20 heavy (non-hydrogen) atoms. The Labute approximate surface area is 118 Å². The number of nitrogens with one attached hydrogen (secondary N) is 1. The molecule has 5 nitrogen and oxygen atoms in total. The van der Waals surface area contributed by atoms with Crippen LogP contribution in [0.15, 0.2) is 42.6 Å². The summed E-state index contributed by atoms with van der Waals surface area (Å²) in [7, 11) is 0. The molecule has 0 atom stereocenters. The Balaban J connectivity index is 2.28. The van der Waals surface area contributed by atoms with E-state index >= 15 is 0 Å². The molecule has 1 amide bonds. The first kappa shape index (κ1) is 15.8. The zero-order valence-corrected chi connectivity index (χ0v) is 11.9. The quantitative estimate of drug-likeness (QED) is 0.679. The van der Waals surface area contributed by atoms with Crippen LogP contribution in [-0.4, -0.2) is 17.7 Å². The number of amides is 1. The van der Waals surface area contributed by atoms with Crippen molar-refractivity contribution in [3.63, 3.8) is 0 Å². The maximum atomic E-state index is 11.4. The molecule has 0 fully saturated rings. The minimum atomic E-state index is -0.621. The van der Waals surface area contributed by atoms with Gasteiger partial charge in [0.05, 0.1) is 0 Å². The van der Waals surface area contributed by atoms with Gasteiger partial charge in [0.25, 0.3) is 0 Å². The molecule has 1 aromatic carbocycles. The smallest absolute Gasteiger partial charge is 0.411 e. The first-order valence-electron chi connectivity index (χ1n) is 6.23. The predicted octanol–water partition coefficient (Wildman–Crippen LogP) is 2.77. The third-order valence-electron chi connectivity index (χ3n) is 2.04. The summed E-state index contributed by atoms with van der Waals surface area (Å²) in [4.78, 5) is 22.7. The Bertz CT molecular complexity index is 474. The zero-order valence-electron chi connectivity index (χ0n) is 11.9. The van der Waals surface area contributed by atoms with Crippen LogP contribution in [0.3, 0.4) is 0 Å². The highest BCUT2D eigenvalue weighted by molar-refractivity contribution is 5.82. The minimum absolute atomic E-state index is 0.191. The molecule has 1 rings (SSSR count). The number of ether oxygens (including phenoxy) is 2. The van der Waals surface area contributed by atoms with E-state index in [-0.39, 0.29) is 6.61 Å². The molecule has 0 unspecified atom stereocenters. The van der Waals surface area contributed by atoms with E-state index in [0.29, 0.717) is 0 Å². The maximum absolute atomic E-state index is 11.4. The van der Waals surface area contributed by atoms with Crippen molar-refractivity contribution in [1.82, 2.24) is 5.32 Å². The number of benzene rings is 1. The van der Waals surface area contributed by atoms with E-state index in [1.807, 2.05) is 30.3 Å². The first-order valence-corrected chi connectivity index (χ1v) is 6.23. The predicted molar refractivity (Wildman–Crippen MR) is 74.7 cm³/mol. The number of carbonyl (C=O) groups excluding carboxylic acids is 2. The van der Waals surface area contributed by atoms with Crippen LogP contribution in [0.5, 0.6) is 0 Å². The fourth-order valence-corrected chi connectivity index (χ4v) is 1.26. The molecule has 0 spiro atoms. The Kier molecular flexibility index (Phi) is 5.77. The lowest BCUT2D eigenvalue weighted by Crippen LogP contribution is -2.29. The molecule has 0 aliphatic carbocycles. The van der Waals surface area contributed by atoms with E-state index in [1.165, 1.54) is 6.20 Å². The highest BCUT2D eigenvalue weighted by Crippen LogP contribution is 2.06. The Morgan fingerprint density at radius 2 is 1.85 bits per heavy atom. The lowest BCUT2D eigenvalue weighted by atomic mass is 10.2. The Morgan fingerprint density at radius 1 is 1.20 bits per heavy atom. The highest BCUT2D eigenvalue weighted by Gasteiger charge is 2.14. The lowest BCUT2D eigenvalue weighted by Gasteiger charge is -2.18. The van der Waals surface area contributed by atoms with Gasteiger partial charge >= 0.3 is 12.1 Å². The van der Waals surface area contributed by atoms with Crippen molar-refractivity contribution in [1.29, 1.82) is 0 Å². The van der Waals surface area contributed by atoms with E-state index in [2.05, 4.69) is 5.32 Å². The molecular formula is C15H19NO4. The van der Waals surface area contributed by atoms with Crippen LogP contribution in [0.4, 0.5) is 4.79 Å². The Hall–Kier alpha value is -2.30. The van der Waals surface area contributed by atoms with Crippen LogP contribution < -0.4 is 5.32 Å². The van der Waals surface area contributed by atoms with Gasteiger partial charge in [-0.25, -0.2) is 9.59 Å². The standard InChI is InChI=1S/C15H19NO4/c1-15(2,3)20-14(18)16-10-9-13(17)19-11-12-7-5-4-6-8-12/h4-10H,11H2,1-3H3,(H,16,18)/b10-9-. The average molecular weight is 277 g/mol. The van der Waals surface area contributed by atoms with Gasteiger partial charge in [-0.2, -0.15) is 0 Å². The number of alkyl carbamates (subject to hydrolysis) is 1. The molecule has 0 bridgehead atoms. The second-order valence-corrected chi connectivity index (χ2v) is 5.07. The molecule has 0 aliphatic heterocycles. The van der Waals surface area contributed by atoms with Crippen LogP contribution in [0.25, 0.3) is 0 Å². The van der Waals surface area contributed by atoms with E-state index < -0.39 is 17.7 Å². The summed E-state index contributed by atoms with van der Waals surface area (Å²) < 4.78 is 9.99. The first-order chi connectivity index (χ1) is 9.37. The van der Waals surface area contributed by atoms with Crippen molar-refractivity contribution >= 4 is 12.1 Å². The number of esters is 1. The topological polar surface area (TPSA) is 64.6 Å². The molecule has 108 valence electrons. The summed E-state index contributed by atoms with van der Waals surface area (Å²) in [5, 5.41) is 2.33. The molecular weight excluding hydrogens is 258 g/mol. The third-order valence-corrected chi connectivity index (χ3v) is 2.04. The number of hydrogen-bond donors (Lipinski definition) is 1. The van der Waals surface area contributed by atoms with Gasteiger partial charge in [-0.05, 0) is 26.3 Å². The van der Waals surface area contributed by atoms with Crippen LogP contribution in [0, 0.1) is 0 Å². The van der Waals surface area contributed by atoms with Crippen LogP contribution in [0.2, 0.25) is 0 Å². The van der Waals surface area contributed by atoms with Gasteiger partial charge in [-0.3, -0.25) is 5.32 Å². The van der Waals surface area contributed by atoms with Crippen LogP contribution in [0.1, 0.15) is 26.3 Å². The van der Waals surface area contributed by atoms with E-state index in [1.54, 1.807) is 20.8 Å². The molecule has 0 heterocycles. The van der Waals surface area contributed by atoms with Gasteiger partial charge in [0.1, 0.15) is 12.2 Å². The van der Waals surface area contributed by atoms with E-state index in [0.717, 1.165) is 11.6 Å². The normalized spacial score (nSPS) is 11.2. The molecule has 0 saturated carbocycles. The monoisotopic (exact) mass is 277 g/mol. The minimum Gasteiger partial charge on any atom is -0.458 e. The Morgan fingerprint density at radius 3 is 2.45 bits per heavy atom. The largest absolute Gasteiger partial charge is 0.458 e. The van der Waals surface area contributed by atoms with Crippen molar-refractivity contribution in [2.45, 2.75) is 33.0 Å². The summed E-state index contributed by atoms with van der Waals surface area (Å²) in [5.74, 6) is -0.537. The van der Waals surface area contributed by atoms with E-state index in [4.69, 9.17) is 9.47 Å². The van der Waals surface area contributed by atoms with Crippen LogP contribution >= 0.6 is 0 Å². The molecule has 1 aromatic rings. The SMILES string of the molecule is CC(C)(C)OC(=O)N/C=C\C(=O)OCc1ccccc1. The van der Waals surface area contributed by atoms with Gasteiger partial charge in [0.2, 0.25) is 0 Å². The summed E-state index contributed by atoms with van der Waals surface area (Å²) in [6.45, 7) is 5.45. The molecule has 0 saturated heterocycles. The van der Waals surface area contributed by atoms with Crippen molar-refractivity contribution in [2.75, 3.05) is 0 Å². The second-order valence-electron chi connectivity index (χ2n) is 5.07. The van der Waals surface area contributed by atoms with Crippen molar-refractivity contribution in [3.05, 3.63) is 48.2 Å². The fourth-order valence-electron chi connectivity index (χ4n) is 1.26. The zero-order chi connectivity index (χ0) is 15.0. The van der Waals surface area contributed by atoms with Gasteiger partial charge < -0.3 is 9.47 Å². The van der Waals surface area contributed by atoms with Gasteiger partial charge in [0, 0.05) is 12.3 Å². The van der Waals surface area contributed by atoms with E-state index in [9.17, 15) is 9.59 Å². The summed E-state index contributed by atoms with van der Waals surface area (Å²) in [5.41, 5.74) is 0.320. The number of rotatable bonds is 4. The number of carbonyl (C=O) groups is 2. The summed E-state index contributed by atoms with van der Waals surface area (Å²) >= 11 is 0. The summed E-state index contributed by atoms with van der Waals surface area (Å²) in [6, 6.07) is 9.33. The van der Waals surface area contributed by atoms with Gasteiger partial charge in [-0.15, -0.1) is 0 Å². The van der Waals surface area contributed by atoms with Crippen molar-refractivity contribution in [3.8, 4) is 0 Å². The van der Waals surface area contributed by atoms with Gasteiger partial charge in [0.15, 0.2) is 0 Å². The summed E-state index contributed by atoms with van der Waals surface area (Å²) in [6.07, 6.45) is 1.71. The fraction of sp³-hybridized carbons (Fsp3) is 0.333. The molecule has 5 heteroatoms. The molecule has 0 radical (unpaired) electrons. The number of hydrogen-bond acceptors (Lipinski definition) is 4. The third kappa shape index (κ3) is 7.20. The highest BCUT2D eigenvalue weighted by atomic mass is 16.6. The molecule has 0 aliphatic rings. The lowest BCUT2D eigenvalue weighted by molar-refractivity contribution is -0.139. The van der Waals surface area contributed by atoms with Crippen LogP contribution in [-0.2, 0) is 20.9 Å². The molecule has 0 aromatic heterocycles. The second kappa shape index (κ2) is 7.33. The van der Waals surface area contributed by atoms with Gasteiger partial charge in [-0.1, -0.05) is 30.3 Å².